The minimum Gasteiger partial charge on any atom is -0.146 e. The highest BCUT2D eigenvalue weighted by molar-refractivity contribution is 8.17. The van der Waals surface area contributed by atoms with Crippen molar-refractivity contribution in [2.24, 2.45) is 10.8 Å². The molecule has 1 aliphatic heterocycles. The van der Waals surface area contributed by atoms with Crippen molar-refractivity contribution in [3.05, 3.63) is 0 Å². The first kappa shape index (κ1) is 12.8. The Morgan fingerprint density at radius 1 is 1.07 bits per heavy atom. The molecule has 0 spiro atoms. The van der Waals surface area contributed by atoms with Gasteiger partial charge in [-0.3, -0.25) is 0 Å². The summed E-state index contributed by atoms with van der Waals surface area (Å²) in [5.41, 5.74) is 1.10. The zero-order chi connectivity index (χ0) is 10.8. The first-order chi connectivity index (χ1) is 6.43. The van der Waals surface area contributed by atoms with Gasteiger partial charge in [0.15, 0.2) is 0 Å². The largest absolute Gasteiger partial charge is 0.146 e. The van der Waals surface area contributed by atoms with Gasteiger partial charge < -0.3 is 0 Å². The highest BCUT2D eigenvalue weighted by Crippen LogP contribution is 2.50. The SMILES string of the molecule is CCC1(CC)CSC(C(C)(C)C)SC1. The van der Waals surface area contributed by atoms with E-state index >= 15 is 0 Å². The van der Waals surface area contributed by atoms with Gasteiger partial charge in [-0.15, -0.1) is 23.5 Å². The van der Waals surface area contributed by atoms with Gasteiger partial charge in [0.25, 0.3) is 0 Å². The molecule has 84 valence electrons. The molecule has 0 bridgehead atoms. The Balaban J connectivity index is 2.53. The molecule has 0 unspecified atom stereocenters. The van der Waals surface area contributed by atoms with Crippen LogP contribution in [0, 0.1) is 10.8 Å². The molecule has 14 heavy (non-hydrogen) atoms. The van der Waals surface area contributed by atoms with E-state index in [1.54, 1.807) is 0 Å². The molecule has 0 aromatic rings. The maximum Gasteiger partial charge on any atom is 0.0551 e. The second kappa shape index (κ2) is 4.69. The third kappa shape index (κ3) is 2.85. The molecule has 0 atom stereocenters. The fourth-order valence-corrected chi connectivity index (χ4v) is 5.71. The molecule has 1 fully saturated rings. The standard InChI is InChI=1S/C12H24S2/c1-6-12(7-2)8-13-10(14-9-12)11(3,4)5/h10H,6-9H2,1-5H3. The van der Waals surface area contributed by atoms with E-state index in [4.69, 9.17) is 0 Å². The first-order valence-corrected chi connectivity index (χ1v) is 7.76. The highest BCUT2D eigenvalue weighted by atomic mass is 32.2. The van der Waals surface area contributed by atoms with Crippen LogP contribution in [0.1, 0.15) is 47.5 Å². The molecule has 1 aliphatic rings. The molecule has 0 amide bonds. The first-order valence-electron chi connectivity index (χ1n) is 5.67. The Labute approximate surface area is 98.0 Å². The van der Waals surface area contributed by atoms with Gasteiger partial charge in [-0.2, -0.15) is 0 Å². The second-order valence-corrected chi connectivity index (χ2v) is 8.01. The van der Waals surface area contributed by atoms with Crippen molar-refractivity contribution in [2.75, 3.05) is 11.5 Å². The van der Waals surface area contributed by atoms with Crippen LogP contribution in [0.4, 0.5) is 0 Å². The van der Waals surface area contributed by atoms with Crippen LogP contribution in [0.3, 0.4) is 0 Å². The third-order valence-electron chi connectivity index (χ3n) is 3.29. The van der Waals surface area contributed by atoms with Crippen LogP contribution in [0.2, 0.25) is 0 Å². The summed E-state index contributed by atoms with van der Waals surface area (Å²) < 4.78 is 0.800. The van der Waals surface area contributed by atoms with E-state index in [-0.39, 0.29) is 0 Å². The Morgan fingerprint density at radius 3 is 1.79 bits per heavy atom. The van der Waals surface area contributed by atoms with Crippen LogP contribution in [0.25, 0.3) is 0 Å². The van der Waals surface area contributed by atoms with Gasteiger partial charge in [-0.05, 0) is 23.7 Å². The molecule has 0 nitrogen and oxygen atoms in total. The lowest BCUT2D eigenvalue weighted by molar-refractivity contribution is 0.348. The lowest BCUT2D eigenvalue weighted by atomic mass is 9.87. The van der Waals surface area contributed by atoms with Crippen molar-refractivity contribution in [2.45, 2.75) is 52.0 Å². The van der Waals surface area contributed by atoms with Gasteiger partial charge in [0, 0.05) is 11.5 Å². The van der Waals surface area contributed by atoms with Crippen molar-refractivity contribution in [3.8, 4) is 0 Å². The summed E-state index contributed by atoms with van der Waals surface area (Å²) >= 11 is 4.38. The Morgan fingerprint density at radius 2 is 1.50 bits per heavy atom. The van der Waals surface area contributed by atoms with Crippen LogP contribution in [0.15, 0.2) is 0 Å². The number of rotatable bonds is 2. The summed E-state index contributed by atoms with van der Waals surface area (Å²) in [6, 6.07) is 0. The van der Waals surface area contributed by atoms with E-state index in [9.17, 15) is 0 Å². The predicted molar refractivity (Wildman–Crippen MR) is 71.2 cm³/mol. The normalized spacial score (nSPS) is 23.8. The summed E-state index contributed by atoms with van der Waals surface area (Å²) in [4.78, 5) is 0. The quantitative estimate of drug-likeness (QED) is 0.680. The summed E-state index contributed by atoms with van der Waals surface area (Å²) in [5.74, 6) is 2.74. The third-order valence-corrected chi connectivity index (χ3v) is 7.68. The highest BCUT2D eigenvalue weighted by Gasteiger charge is 2.37. The zero-order valence-electron chi connectivity index (χ0n) is 10.2. The van der Waals surface area contributed by atoms with E-state index < -0.39 is 0 Å². The summed E-state index contributed by atoms with van der Waals surface area (Å²) in [6.07, 6.45) is 2.70. The van der Waals surface area contributed by atoms with Gasteiger partial charge in [-0.1, -0.05) is 34.6 Å². The van der Waals surface area contributed by atoms with Crippen LogP contribution in [-0.2, 0) is 0 Å². The number of hydrogen-bond acceptors (Lipinski definition) is 2. The minimum atomic E-state index is 0.461. The lowest BCUT2D eigenvalue weighted by Gasteiger charge is -2.42. The molecule has 0 saturated carbocycles. The van der Waals surface area contributed by atoms with Crippen LogP contribution >= 0.6 is 23.5 Å². The van der Waals surface area contributed by atoms with Crippen molar-refractivity contribution in [3.63, 3.8) is 0 Å². The molecule has 0 aromatic heterocycles. The maximum atomic E-state index is 2.36. The maximum absolute atomic E-state index is 2.36. The molecule has 0 radical (unpaired) electrons. The molecular formula is C12H24S2. The van der Waals surface area contributed by atoms with Crippen LogP contribution in [-0.4, -0.2) is 16.1 Å². The van der Waals surface area contributed by atoms with Crippen molar-refractivity contribution in [1.29, 1.82) is 0 Å². The zero-order valence-corrected chi connectivity index (χ0v) is 11.9. The molecule has 2 heteroatoms. The van der Waals surface area contributed by atoms with E-state index in [0.717, 1.165) is 4.58 Å². The van der Waals surface area contributed by atoms with E-state index in [1.165, 1.54) is 24.3 Å². The van der Waals surface area contributed by atoms with Crippen LogP contribution in [0.5, 0.6) is 0 Å². The molecule has 0 N–H and O–H groups in total. The monoisotopic (exact) mass is 232 g/mol. The van der Waals surface area contributed by atoms with E-state index in [0.29, 0.717) is 10.8 Å². The van der Waals surface area contributed by atoms with Crippen molar-refractivity contribution in [1.82, 2.24) is 0 Å². The average Bonchev–Trinajstić information content (AvgIpc) is 2.16. The molecule has 0 aromatic carbocycles. The topological polar surface area (TPSA) is 0 Å². The smallest absolute Gasteiger partial charge is 0.0551 e. The van der Waals surface area contributed by atoms with Crippen molar-refractivity contribution >= 4 is 23.5 Å². The second-order valence-electron chi connectivity index (χ2n) is 5.53. The van der Waals surface area contributed by atoms with Gasteiger partial charge in [-0.25, -0.2) is 0 Å². The van der Waals surface area contributed by atoms with Crippen LogP contribution < -0.4 is 0 Å². The summed E-state index contributed by atoms with van der Waals surface area (Å²) in [6.45, 7) is 11.8. The Bertz CT molecular complexity index is 167. The average molecular weight is 232 g/mol. The molecule has 0 aliphatic carbocycles. The summed E-state index contributed by atoms with van der Waals surface area (Å²) in [5, 5.41) is 0. The number of hydrogen-bond donors (Lipinski definition) is 0. The van der Waals surface area contributed by atoms with Gasteiger partial charge >= 0.3 is 0 Å². The van der Waals surface area contributed by atoms with Gasteiger partial charge in [0.2, 0.25) is 0 Å². The fraction of sp³-hybridized carbons (Fsp3) is 1.00. The van der Waals surface area contributed by atoms with Crippen molar-refractivity contribution < 1.29 is 0 Å². The van der Waals surface area contributed by atoms with Gasteiger partial charge in [0.1, 0.15) is 0 Å². The predicted octanol–water partition coefficient (Wildman–Crippen LogP) is 4.65. The molecule has 1 rings (SSSR count). The Hall–Kier alpha value is 0.700. The van der Waals surface area contributed by atoms with Gasteiger partial charge in [0.05, 0.1) is 4.58 Å². The summed E-state index contributed by atoms with van der Waals surface area (Å²) in [7, 11) is 0. The van der Waals surface area contributed by atoms with E-state index in [2.05, 4.69) is 58.1 Å². The molecular weight excluding hydrogens is 208 g/mol. The molecule has 1 heterocycles. The van der Waals surface area contributed by atoms with E-state index in [1.807, 2.05) is 0 Å². The fourth-order valence-electron chi connectivity index (χ4n) is 1.75. The lowest BCUT2D eigenvalue weighted by Crippen LogP contribution is -2.35. The number of thioether (sulfide) groups is 2. The molecule has 1 saturated heterocycles. The minimum absolute atomic E-state index is 0.461. The Kier molecular flexibility index (Phi) is 4.28.